The fraction of sp³-hybridized carbons (Fsp3) is 0.444. The molecule has 1 aliphatic rings. The molecule has 1 aromatic carbocycles. The van der Waals surface area contributed by atoms with Crippen molar-refractivity contribution >= 4 is 23.0 Å². The minimum Gasteiger partial charge on any atom is -0.363 e. The molecule has 0 amide bonds. The van der Waals surface area contributed by atoms with Gasteiger partial charge in [-0.2, -0.15) is 0 Å². The van der Waals surface area contributed by atoms with E-state index >= 15 is 0 Å². The Balaban J connectivity index is 1.73. The second-order valence-corrected chi connectivity index (χ2v) is 6.45. The quantitative estimate of drug-likeness (QED) is 0.580. The normalized spacial score (nSPS) is 14.8. The predicted molar refractivity (Wildman–Crippen MR) is 102 cm³/mol. The second kappa shape index (κ2) is 8.57. The summed E-state index contributed by atoms with van der Waals surface area (Å²) >= 11 is 0. The molecule has 0 spiro atoms. The molecule has 0 radical (unpaired) electrons. The van der Waals surface area contributed by atoms with Gasteiger partial charge in [-0.05, 0) is 44.5 Å². The van der Waals surface area contributed by atoms with Crippen LogP contribution in [0.4, 0.5) is 23.0 Å². The van der Waals surface area contributed by atoms with Crippen LogP contribution >= 0.6 is 0 Å². The van der Waals surface area contributed by atoms with E-state index in [1.54, 1.807) is 0 Å². The number of aryl methyl sites for hydroxylation is 1. The SMILES string of the molecule is Cc1ccccc1Nc1ncnc(NCCN2CCCCC2)c1[N+](=O)[O-]. The maximum Gasteiger partial charge on any atom is 0.353 e. The second-order valence-electron chi connectivity index (χ2n) is 6.45. The molecule has 0 saturated carbocycles. The van der Waals surface area contributed by atoms with Gasteiger partial charge in [-0.15, -0.1) is 0 Å². The highest BCUT2D eigenvalue weighted by atomic mass is 16.6. The van der Waals surface area contributed by atoms with E-state index in [2.05, 4.69) is 25.5 Å². The Bertz CT molecular complexity index is 761. The summed E-state index contributed by atoms with van der Waals surface area (Å²) in [5.41, 5.74) is 1.64. The molecule has 2 aromatic rings. The zero-order valence-electron chi connectivity index (χ0n) is 14.9. The van der Waals surface area contributed by atoms with Crippen molar-refractivity contribution in [1.82, 2.24) is 14.9 Å². The van der Waals surface area contributed by atoms with Gasteiger partial charge in [0.25, 0.3) is 0 Å². The molecule has 2 N–H and O–H groups in total. The van der Waals surface area contributed by atoms with E-state index in [0.717, 1.165) is 30.9 Å². The van der Waals surface area contributed by atoms with Gasteiger partial charge >= 0.3 is 5.69 Å². The molecule has 3 rings (SSSR count). The van der Waals surface area contributed by atoms with Crippen molar-refractivity contribution in [3.63, 3.8) is 0 Å². The first kappa shape index (κ1) is 18.1. The summed E-state index contributed by atoms with van der Waals surface area (Å²) in [6, 6.07) is 7.60. The van der Waals surface area contributed by atoms with Crippen molar-refractivity contribution in [2.45, 2.75) is 26.2 Å². The first-order valence-electron chi connectivity index (χ1n) is 8.93. The van der Waals surface area contributed by atoms with Gasteiger partial charge in [0, 0.05) is 18.8 Å². The molecule has 8 heteroatoms. The van der Waals surface area contributed by atoms with Gasteiger partial charge in [-0.3, -0.25) is 10.1 Å². The zero-order chi connectivity index (χ0) is 18.4. The molecule has 1 saturated heterocycles. The van der Waals surface area contributed by atoms with Gasteiger partial charge in [0.05, 0.1) is 4.92 Å². The van der Waals surface area contributed by atoms with E-state index < -0.39 is 4.92 Å². The van der Waals surface area contributed by atoms with Crippen LogP contribution in [0.2, 0.25) is 0 Å². The van der Waals surface area contributed by atoms with Gasteiger partial charge in [-0.25, -0.2) is 9.97 Å². The Morgan fingerprint density at radius 1 is 1.15 bits per heavy atom. The van der Waals surface area contributed by atoms with E-state index in [4.69, 9.17) is 0 Å². The van der Waals surface area contributed by atoms with Gasteiger partial charge in [-0.1, -0.05) is 24.6 Å². The molecule has 26 heavy (non-hydrogen) atoms. The standard InChI is InChI=1S/C18H24N6O2/c1-14-7-3-4-8-15(14)22-18-16(24(25)26)17(20-13-21-18)19-9-12-23-10-5-2-6-11-23/h3-4,7-8,13H,2,5-6,9-12H2,1H3,(H2,19,20,21,22). The largest absolute Gasteiger partial charge is 0.363 e. The number of rotatable bonds is 7. The van der Waals surface area contributed by atoms with Crippen LogP contribution in [0.15, 0.2) is 30.6 Å². The van der Waals surface area contributed by atoms with Crippen molar-refractivity contribution in [3.8, 4) is 0 Å². The molecule has 0 bridgehead atoms. The van der Waals surface area contributed by atoms with Crippen LogP contribution in [0, 0.1) is 17.0 Å². The van der Waals surface area contributed by atoms with Crippen LogP contribution in [0.5, 0.6) is 0 Å². The Morgan fingerprint density at radius 3 is 2.62 bits per heavy atom. The average Bonchev–Trinajstić information content (AvgIpc) is 2.64. The van der Waals surface area contributed by atoms with Crippen LogP contribution in [0.3, 0.4) is 0 Å². The summed E-state index contributed by atoms with van der Waals surface area (Å²) in [4.78, 5) is 21.7. The number of anilines is 3. The Labute approximate surface area is 152 Å². The van der Waals surface area contributed by atoms with Crippen LogP contribution < -0.4 is 10.6 Å². The highest BCUT2D eigenvalue weighted by Gasteiger charge is 2.23. The molecule has 0 unspecified atom stereocenters. The van der Waals surface area contributed by atoms with Crippen LogP contribution in [0.1, 0.15) is 24.8 Å². The molecule has 1 aliphatic heterocycles. The van der Waals surface area contributed by atoms with E-state index in [-0.39, 0.29) is 17.3 Å². The Morgan fingerprint density at radius 2 is 1.88 bits per heavy atom. The third kappa shape index (κ3) is 4.45. The number of likely N-dealkylation sites (tertiary alicyclic amines) is 1. The molecule has 138 valence electrons. The number of hydrogen-bond acceptors (Lipinski definition) is 7. The number of nitrogens with zero attached hydrogens (tertiary/aromatic N) is 4. The molecular weight excluding hydrogens is 332 g/mol. The average molecular weight is 356 g/mol. The summed E-state index contributed by atoms with van der Waals surface area (Å²) in [6.07, 6.45) is 5.07. The zero-order valence-corrected chi connectivity index (χ0v) is 14.9. The van der Waals surface area contributed by atoms with Gasteiger partial charge < -0.3 is 15.5 Å². The Hall–Kier alpha value is -2.74. The molecular formula is C18H24N6O2. The number of para-hydroxylation sites is 1. The first-order chi connectivity index (χ1) is 12.6. The van der Waals surface area contributed by atoms with E-state index in [1.165, 1.54) is 25.6 Å². The summed E-state index contributed by atoms with van der Waals surface area (Å²) in [6.45, 7) is 5.58. The first-order valence-corrected chi connectivity index (χ1v) is 8.93. The van der Waals surface area contributed by atoms with Gasteiger partial charge in [0.15, 0.2) is 0 Å². The fourth-order valence-corrected chi connectivity index (χ4v) is 3.13. The number of hydrogen-bond donors (Lipinski definition) is 2. The number of aromatic nitrogens is 2. The van der Waals surface area contributed by atoms with E-state index in [1.807, 2.05) is 31.2 Å². The van der Waals surface area contributed by atoms with Crippen molar-refractivity contribution in [2.24, 2.45) is 0 Å². The van der Waals surface area contributed by atoms with Gasteiger partial charge in [0.2, 0.25) is 11.6 Å². The highest BCUT2D eigenvalue weighted by molar-refractivity contribution is 5.74. The van der Waals surface area contributed by atoms with E-state index in [0.29, 0.717) is 6.54 Å². The third-order valence-electron chi connectivity index (χ3n) is 4.57. The van der Waals surface area contributed by atoms with Crippen molar-refractivity contribution in [3.05, 3.63) is 46.3 Å². The molecule has 0 aliphatic carbocycles. The highest BCUT2D eigenvalue weighted by Crippen LogP contribution is 2.31. The lowest BCUT2D eigenvalue weighted by molar-refractivity contribution is -0.383. The molecule has 2 heterocycles. The summed E-state index contributed by atoms with van der Waals surface area (Å²) in [5, 5.41) is 17.8. The molecule has 8 nitrogen and oxygen atoms in total. The Kier molecular flexibility index (Phi) is 5.96. The molecule has 1 aromatic heterocycles. The van der Waals surface area contributed by atoms with Crippen molar-refractivity contribution < 1.29 is 4.92 Å². The number of nitrogens with one attached hydrogen (secondary N) is 2. The number of nitro groups is 1. The van der Waals surface area contributed by atoms with Crippen molar-refractivity contribution in [2.75, 3.05) is 36.8 Å². The number of piperidine rings is 1. The number of benzene rings is 1. The lowest BCUT2D eigenvalue weighted by atomic mass is 10.1. The summed E-state index contributed by atoms with van der Waals surface area (Å²) in [7, 11) is 0. The fourth-order valence-electron chi connectivity index (χ4n) is 3.13. The molecule has 0 atom stereocenters. The van der Waals surface area contributed by atoms with Crippen LogP contribution in [-0.4, -0.2) is 46.0 Å². The molecule has 1 fully saturated rings. The lowest BCUT2D eigenvalue weighted by Crippen LogP contribution is -2.33. The predicted octanol–water partition coefficient (Wildman–Crippen LogP) is 3.33. The summed E-state index contributed by atoms with van der Waals surface area (Å²) in [5.74, 6) is 0.442. The maximum atomic E-state index is 11.6. The lowest BCUT2D eigenvalue weighted by Gasteiger charge is -2.26. The minimum atomic E-state index is -0.441. The topological polar surface area (TPSA) is 96.2 Å². The summed E-state index contributed by atoms with van der Waals surface area (Å²) < 4.78 is 0. The maximum absolute atomic E-state index is 11.6. The van der Waals surface area contributed by atoms with Gasteiger partial charge in [0.1, 0.15) is 6.33 Å². The minimum absolute atomic E-state index is 0.130. The third-order valence-corrected chi connectivity index (χ3v) is 4.57. The smallest absolute Gasteiger partial charge is 0.353 e. The van der Waals surface area contributed by atoms with Crippen LogP contribution in [-0.2, 0) is 0 Å². The van der Waals surface area contributed by atoms with Crippen molar-refractivity contribution in [1.29, 1.82) is 0 Å². The van der Waals surface area contributed by atoms with Crippen LogP contribution in [0.25, 0.3) is 0 Å². The van der Waals surface area contributed by atoms with E-state index in [9.17, 15) is 10.1 Å². The monoisotopic (exact) mass is 356 g/mol.